The number of ketones is 1. The third-order valence-electron chi connectivity index (χ3n) is 2.93. The van der Waals surface area contributed by atoms with E-state index in [1.54, 1.807) is 12.1 Å². The number of hydrogen-bond donors (Lipinski definition) is 1. The van der Waals surface area contributed by atoms with Crippen LogP contribution in [-0.2, 0) is 0 Å². The minimum Gasteiger partial charge on any atom is -0.374 e. The normalized spacial score (nSPS) is 12.0. The standard InChI is InChI=1S/C15H15ClN2OS2/c1-3-17-15(20)13(18-8-4-5-10(2)9-18)14(19)11-6-7-12(16)21-11/h4-9,13H,3H2,1-2H3/p+1. The number of pyridine rings is 1. The molecule has 2 aromatic rings. The summed E-state index contributed by atoms with van der Waals surface area (Å²) >= 11 is 12.6. The number of likely N-dealkylation sites (N-methyl/N-ethyl adjacent to an activating group) is 1. The Morgan fingerprint density at radius 1 is 1.48 bits per heavy atom. The van der Waals surface area contributed by atoms with E-state index < -0.39 is 6.04 Å². The Morgan fingerprint density at radius 2 is 2.24 bits per heavy atom. The van der Waals surface area contributed by atoms with Crippen molar-refractivity contribution in [3.8, 4) is 0 Å². The number of rotatable bonds is 5. The SMILES string of the molecule is CCNC(=S)C(C(=O)c1ccc(Cl)s1)[n+]1cccc(C)c1. The van der Waals surface area contributed by atoms with Crippen molar-refractivity contribution in [2.45, 2.75) is 19.9 Å². The molecule has 2 rings (SSSR count). The largest absolute Gasteiger partial charge is 0.374 e. The van der Waals surface area contributed by atoms with Gasteiger partial charge in [0.2, 0.25) is 5.78 Å². The van der Waals surface area contributed by atoms with Crippen LogP contribution in [0.2, 0.25) is 4.34 Å². The van der Waals surface area contributed by atoms with Gasteiger partial charge in [0.15, 0.2) is 17.4 Å². The number of aryl methyl sites for hydroxylation is 1. The van der Waals surface area contributed by atoms with Crippen molar-refractivity contribution in [2.24, 2.45) is 0 Å². The molecule has 0 radical (unpaired) electrons. The Kier molecular flexibility index (Phi) is 5.45. The summed E-state index contributed by atoms with van der Waals surface area (Å²) in [5.74, 6) is -0.0477. The molecule has 0 saturated heterocycles. The smallest absolute Gasteiger partial charge is 0.271 e. The number of Topliss-reactive ketones (excluding diaryl/α,β-unsaturated/α-hetero) is 1. The lowest BCUT2D eigenvalue weighted by molar-refractivity contribution is -0.692. The quantitative estimate of drug-likeness (QED) is 0.515. The second-order valence-corrected chi connectivity index (χ2v) is 6.75. The number of halogens is 1. The van der Waals surface area contributed by atoms with Gasteiger partial charge in [-0.1, -0.05) is 23.8 Å². The van der Waals surface area contributed by atoms with E-state index in [-0.39, 0.29) is 5.78 Å². The van der Waals surface area contributed by atoms with Gasteiger partial charge in [0, 0.05) is 18.2 Å². The highest BCUT2D eigenvalue weighted by atomic mass is 35.5. The number of nitrogens with one attached hydrogen (secondary N) is 1. The fraction of sp³-hybridized carbons (Fsp3) is 0.267. The van der Waals surface area contributed by atoms with Gasteiger partial charge in [0.05, 0.1) is 9.21 Å². The van der Waals surface area contributed by atoms with E-state index >= 15 is 0 Å². The first-order valence-corrected chi connectivity index (χ1v) is 8.18. The molecule has 2 heterocycles. The van der Waals surface area contributed by atoms with Crippen LogP contribution in [0.3, 0.4) is 0 Å². The van der Waals surface area contributed by atoms with Crippen LogP contribution in [0.1, 0.15) is 28.2 Å². The number of nitrogens with zero attached hydrogens (tertiary/aromatic N) is 1. The molecule has 2 aromatic heterocycles. The van der Waals surface area contributed by atoms with Gasteiger partial charge in [-0.05, 0) is 32.0 Å². The highest BCUT2D eigenvalue weighted by Gasteiger charge is 2.33. The van der Waals surface area contributed by atoms with Crippen LogP contribution in [-0.4, -0.2) is 17.3 Å². The van der Waals surface area contributed by atoms with E-state index in [0.717, 1.165) is 5.56 Å². The molecule has 0 bridgehead atoms. The molecule has 0 aliphatic carbocycles. The number of thiophene rings is 1. The van der Waals surface area contributed by atoms with Crippen LogP contribution in [0.15, 0.2) is 36.7 Å². The molecule has 1 atom stereocenters. The zero-order chi connectivity index (χ0) is 15.4. The molecule has 1 unspecified atom stereocenters. The topological polar surface area (TPSA) is 33.0 Å². The summed E-state index contributed by atoms with van der Waals surface area (Å²) < 4.78 is 2.44. The third kappa shape index (κ3) is 3.87. The van der Waals surface area contributed by atoms with Crippen molar-refractivity contribution in [1.82, 2.24) is 5.32 Å². The summed E-state index contributed by atoms with van der Waals surface area (Å²) in [4.78, 5) is 13.9. The van der Waals surface area contributed by atoms with Crippen molar-refractivity contribution in [3.05, 3.63) is 51.4 Å². The Hall–Kier alpha value is -1.30. The molecule has 3 nitrogen and oxygen atoms in total. The highest BCUT2D eigenvalue weighted by Crippen LogP contribution is 2.24. The van der Waals surface area contributed by atoms with E-state index in [9.17, 15) is 4.79 Å². The van der Waals surface area contributed by atoms with Gasteiger partial charge in [-0.3, -0.25) is 4.79 Å². The van der Waals surface area contributed by atoms with Gasteiger partial charge in [-0.25, -0.2) is 0 Å². The number of carbonyl (C=O) groups excluding carboxylic acids is 1. The monoisotopic (exact) mass is 339 g/mol. The third-order valence-corrected chi connectivity index (χ3v) is 4.55. The summed E-state index contributed by atoms with van der Waals surface area (Å²) in [5.41, 5.74) is 1.07. The molecular formula is C15H16ClN2OS2+. The van der Waals surface area contributed by atoms with Gasteiger partial charge in [0.1, 0.15) is 0 Å². The molecule has 0 aliphatic rings. The maximum atomic E-state index is 12.8. The fourth-order valence-electron chi connectivity index (χ4n) is 2.02. The van der Waals surface area contributed by atoms with Crippen LogP contribution in [0.25, 0.3) is 0 Å². The maximum absolute atomic E-state index is 12.8. The summed E-state index contributed by atoms with van der Waals surface area (Å²) in [6.07, 6.45) is 3.77. The molecular weight excluding hydrogens is 324 g/mol. The Balaban J connectivity index is 2.41. The zero-order valence-electron chi connectivity index (χ0n) is 11.8. The van der Waals surface area contributed by atoms with Gasteiger partial charge in [-0.2, -0.15) is 4.57 Å². The first-order valence-electron chi connectivity index (χ1n) is 6.57. The van der Waals surface area contributed by atoms with Crippen molar-refractivity contribution in [1.29, 1.82) is 0 Å². The molecule has 0 amide bonds. The van der Waals surface area contributed by atoms with E-state index in [4.69, 9.17) is 23.8 Å². The molecule has 0 aromatic carbocycles. The van der Waals surface area contributed by atoms with Crippen molar-refractivity contribution in [3.63, 3.8) is 0 Å². The number of carbonyl (C=O) groups is 1. The molecule has 0 spiro atoms. The second kappa shape index (κ2) is 7.11. The molecule has 110 valence electrons. The minimum absolute atomic E-state index is 0.0477. The molecule has 0 saturated carbocycles. The molecule has 0 fully saturated rings. The van der Waals surface area contributed by atoms with E-state index in [1.807, 2.05) is 42.9 Å². The van der Waals surface area contributed by atoms with Gasteiger partial charge in [0.25, 0.3) is 6.04 Å². The van der Waals surface area contributed by atoms with Gasteiger partial charge >= 0.3 is 0 Å². The average molecular weight is 340 g/mol. The Labute approximate surface area is 138 Å². The van der Waals surface area contributed by atoms with Crippen molar-refractivity contribution >= 4 is 45.9 Å². The first kappa shape index (κ1) is 16.1. The number of aromatic nitrogens is 1. The highest BCUT2D eigenvalue weighted by molar-refractivity contribution is 7.80. The molecule has 6 heteroatoms. The predicted octanol–water partition coefficient (Wildman–Crippen LogP) is 3.36. The minimum atomic E-state index is -0.547. The Morgan fingerprint density at radius 3 is 2.81 bits per heavy atom. The van der Waals surface area contributed by atoms with Crippen LogP contribution in [0, 0.1) is 6.92 Å². The maximum Gasteiger partial charge on any atom is 0.271 e. The lowest BCUT2D eigenvalue weighted by Gasteiger charge is -2.13. The number of thiocarbonyl (C=S) groups is 1. The summed E-state index contributed by atoms with van der Waals surface area (Å²) in [5, 5.41) is 3.08. The average Bonchev–Trinajstić information content (AvgIpc) is 2.86. The number of hydrogen-bond acceptors (Lipinski definition) is 3. The lowest BCUT2D eigenvalue weighted by Crippen LogP contribution is -2.51. The molecule has 1 N–H and O–H groups in total. The lowest BCUT2D eigenvalue weighted by atomic mass is 10.1. The first-order chi connectivity index (χ1) is 10.0. The Bertz CT molecular complexity index is 669. The second-order valence-electron chi connectivity index (χ2n) is 4.59. The zero-order valence-corrected chi connectivity index (χ0v) is 14.2. The van der Waals surface area contributed by atoms with Crippen LogP contribution < -0.4 is 9.88 Å². The predicted molar refractivity (Wildman–Crippen MR) is 90.3 cm³/mol. The van der Waals surface area contributed by atoms with E-state index in [1.165, 1.54) is 11.3 Å². The summed E-state index contributed by atoms with van der Waals surface area (Å²) in [6, 6.07) is 6.82. The van der Waals surface area contributed by atoms with E-state index in [0.29, 0.717) is 20.7 Å². The molecule has 0 aliphatic heterocycles. The van der Waals surface area contributed by atoms with Crippen LogP contribution in [0.5, 0.6) is 0 Å². The van der Waals surface area contributed by atoms with Crippen molar-refractivity contribution in [2.75, 3.05) is 6.54 Å². The van der Waals surface area contributed by atoms with E-state index in [2.05, 4.69) is 5.32 Å². The summed E-state index contributed by atoms with van der Waals surface area (Å²) in [6.45, 7) is 4.62. The van der Waals surface area contributed by atoms with Crippen molar-refractivity contribution < 1.29 is 9.36 Å². The summed E-state index contributed by atoms with van der Waals surface area (Å²) in [7, 11) is 0. The van der Waals surface area contributed by atoms with Gasteiger partial charge < -0.3 is 5.32 Å². The van der Waals surface area contributed by atoms with Crippen LogP contribution in [0.4, 0.5) is 0 Å². The van der Waals surface area contributed by atoms with Gasteiger partial charge in [-0.15, -0.1) is 11.3 Å². The van der Waals surface area contributed by atoms with Crippen LogP contribution >= 0.6 is 35.2 Å². The molecule has 21 heavy (non-hydrogen) atoms. The fourth-order valence-corrected chi connectivity index (χ4v) is 3.40.